The van der Waals surface area contributed by atoms with Gasteiger partial charge in [-0.1, -0.05) is 0 Å². The number of nitrogens with zero attached hydrogens (tertiary/aromatic N) is 1. The number of rotatable bonds is 1. The highest BCUT2D eigenvalue weighted by atomic mass is 32.2. The smallest absolute Gasteiger partial charge is 0.411 e. The summed E-state index contributed by atoms with van der Waals surface area (Å²) in [7, 11) is 0. The van der Waals surface area contributed by atoms with Crippen LogP contribution in [-0.4, -0.2) is 40.2 Å². The lowest BCUT2D eigenvalue weighted by molar-refractivity contribution is -0.121. The number of hydrogen-bond acceptors (Lipinski definition) is 4. The van der Waals surface area contributed by atoms with Crippen LogP contribution in [0.1, 0.15) is 20.8 Å². The van der Waals surface area contributed by atoms with Gasteiger partial charge >= 0.3 is 6.09 Å². The van der Waals surface area contributed by atoms with E-state index < -0.39 is 23.6 Å². The molecule has 2 N–H and O–H groups in total. The van der Waals surface area contributed by atoms with Crippen LogP contribution in [0.15, 0.2) is 0 Å². The molecule has 0 aromatic heterocycles. The molecule has 2 amide bonds. The monoisotopic (exact) mass is 232 g/mol. The maximum atomic E-state index is 11.7. The van der Waals surface area contributed by atoms with E-state index in [0.717, 1.165) is 0 Å². The average molecular weight is 232 g/mol. The summed E-state index contributed by atoms with van der Waals surface area (Å²) in [5.41, 5.74) is 4.64. The molecule has 0 bridgehead atoms. The molecule has 1 atom stereocenters. The van der Waals surface area contributed by atoms with Crippen LogP contribution in [0.25, 0.3) is 0 Å². The Morgan fingerprint density at radius 3 is 2.53 bits per heavy atom. The van der Waals surface area contributed by atoms with Gasteiger partial charge < -0.3 is 10.5 Å². The van der Waals surface area contributed by atoms with Gasteiger partial charge in [-0.05, 0) is 20.8 Å². The largest absolute Gasteiger partial charge is 0.444 e. The van der Waals surface area contributed by atoms with E-state index in [1.807, 2.05) is 0 Å². The van der Waals surface area contributed by atoms with Gasteiger partial charge in [-0.25, -0.2) is 4.79 Å². The van der Waals surface area contributed by atoms with Crippen LogP contribution in [0.2, 0.25) is 0 Å². The number of hydrogen-bond donors (Lipinski definition) is 1. The number of carbonyl (C=O) groups is 2. The Kier molecular flexibility index (Phi) is 3.49. The maximum absolute atomic E-state index is 11.7. The lowest BCUT2D eigenvalue weighted by Crippen LogP contribution is -2.46. The van der Waals surface area contributed by atoms with Crippen molar-refractivity contribution in [2.24, 2.45) is 5.73 Å². The Hall–Kier alpha value is -0.910. The Morgan fingerprint density at radius 2 is 2.07 bits per heavy atom. The van der Waals surface area contributed by atoms with Crippen molar-refractivity contribution in [1.29, 1.82) is 0 Å². The van der Waals surface area contributed by atoms with Crippen LogP contribution in [-0.2, 0) is 9.53 Å². The Bertz CT molecular complexity index is 275. The fourth-order valence-corrected chi connectivity index (χ4v) is 2.33. The van der Waals surface area contributed by atoms with Crippen LogP contribution in [0.5, 0.6) is 0 Å². The van der Waals surface area contributed by atoms with E-state index in [4.69, 9.17) is 10.5 Å². The van der Waals surface area contributed by atoms with Gasteiger partial charge in [0.15, 0.2) is 0 Å². The molecule has 1 aliphatic heterocycles. The second-order valence-corrected chi connectivity index (χ2v) is 5.37. The highest BCUT2D eigenvalue weighted by molar-refractivity contribution is 7.99. The number of amides is 2. The molecule has 15 heavy (non-hydrogen) atoms. The Labute approximate surface area is 93.3 Å². The second kappa shape index (κ2) is 4.30. The van der Waals surface area contributed by atoms with E-state index in [2.05, 4.69) is 0 Å². The summed E-state index contributed by atoms with van der Waals surface area (Å²) in [6.07, 6.45) is -0.476. The normalized spacial score (nSPS) is 21.5. The summed E-state index contributed by atoms with van der Waals surface area (Å²) >= 11 is 1.50. The average Bonchev–Trinajstić information content (AvgIpc) is 2.47. The molecule has 1 aliphatic rings. The molecule has 1 saturated heterocycles. The molecule has 0 aromatic rings. The van der Waals surface area contributed by atoms with Gasteiger partial charge in [0.25, 0.3) is 0 Å². The first-order chi connectivity index (χ1) is 6.81. The molecule has 86 valence electrons. The summed E-state index contributed by atoms with van der Waals surface area (Å²) in [6.45, 7) is 5.36. The first-order valence-electron chi connectivity index (χ1n) is 4.68. The van der Waals surface area contributed by atoms with E-state index in [1.165, 1.54) is 16.7 Å². The zero-order valence-corrected chi connectivity index (χ0v) is 9.97. The molecule has 1 fully saturated rings. The lowest BCUT2D eigenvalue weighted by Gasteiger charge is -2.26. The van der Waals surface area contributed by atoms with E-state index in [1.54, 1.807) is 20.8 Å². The van der Waals surface area contributed by atoms with Crippen molar-refractivity contribution in [1.82, 2.24) is 4.90 Å². The number of primary amides is 1. The quantitative estimate of drug-likeness (QED) is 0.725. The number of carbonyl (C=O) groups excluding carboxylic acids is 2. The fraction of sp³-hybridized carbons (Fsp3) is 0.778. The third kappa shape index (κ3) is 3.30. The van der Waals surface area contributed by atoms with Crippen molar-refractivity contribution in [2.45, 2.75) is 32.4 Å². The highest BCUT2D eigenvalue weighted by Gasteiger charge is 2.35. The van der Waals surface area contributed by atoms with Crippen LogP contribution < -0.4 is 5.73 Å². The van der Waals surface area contributed by atoms with Gasteiger partial charge in [0.05, 0.1) is 5.88 Å². The summed E-state index contributed by atoms with van der Waals surface area (Å²) in [5, 5.41) is 0. The van der Waals surface area contributed by atoms with E-state index in [0.29, 0.717) is 11.6 Å². The molecular formula is C9H16N2O3S. The highest BCUT2D eigenvalue weighted by Crippen LogP contribution is 2.23. The summed E-state index contributed by atoms with van der Waals surface area (Å²) < 4.78 is 5.17. The van der Waals surface area contributed by atoms with Gasteiger partial charge in [0, 0.05) is 5.75 Å². The van der Waals surface area contributed by atoms with Crippen molar-refractivity contribution >= 4 is 23.8 Å². The molecule has 0 spiro atoms. The molecule has 0 aliphatic carbocycles. The predicted molar refractivity (Wildman–Crippen MR) is 58.4 cm³/mol. The van der Waals surface area contributed by atoms with Crippen LogP contribution >= 0.6 is 11.8 Å². The predicted octanol–water partition coefficient (Wildman–Crippen LogP) is 0.782. The van der Waals surface area contributed by atoms with Gasteiger partial charge in [-0.15, -0.1) is 11.8 Å². The van der Waals surface area contributed by atoms with Crippen LogP contribution in [0.4, 0.5) is 4.79 Å². The number of thioether (sulfide) groups is 1. The molecule has 5 nitrogen and oxygen atoms in total. The van der Waals surface area contributed by atoms with Crippen molar-refractivity contribution in [3.8, 4) is 0 Å². The molecule has 6 heteroatoms. The van der Waals surface area contributed by atoms with E-state index in [-0.39, 0.29) is 0 Å². The molecule has 0 radical (unpaired) electrons. The van der Waals surface area contributed by atoms with Crippen LogP contribution in [0, 0.1) is 0 Å². The topological polar surface area (TPSA) is 72.6 Å². The second-order valence-electron chi connectivity index (χ2n) is 4.37. The standard InChI is InChI=1S/C9H16N2O3S/c1-9(2,3)14-8(13)11-5-15-4-6(11)7(10)12/h6H,4-5H2,1-3H3,(H2,10,12)/t6-/m1/s1. The van der Waals surface area contributed by atoms with Crippen molar-refractivity contribution in [3.63, 3.8) is 0 Å². The minimum atomic E-state index is -0.549. The Morgan fingerprint density at radius 1 is 1.47 bits per heavy atom. The van der Waals surface area contributed by atoms with Crippen molar-refractivity contribution < 1.29 is 14.3 Å². The summed E-state index contributed by atoms with van der Waals surface area (Å²) in [4.78, 5) is 24.1. The Balaban J connectivity index is 2.63. The molecule has 0 saturated carbocycles. The summed E-state index contributed by atoms with van der Waals surface area (Å²) in [6, 6.07) is -0.537. The molecular weight excluding hydrogens is 216 g/mol. The van der Waals surface area contributed by atoms with Crippen LogP contribution in [0.3, 0.4) is 0 Å². The van der Waals surface area contributed by atoms with Gasteiger partial charge in [-0.2, -0.15) is 0 Å². The van der Waals surface area contributed by atoms with Gasteiger partial charge in [-0.3, -0.25) is 9.69 Å². The third-order valence-electron chi connectivity index (χ3n) is 1.84. The lowest BCUT2D eigenvalue weighted by atomic mass is 10.2. The third-order valence-corrected chi connectivity index (χ3v) is 2.85. The summed E-state index contributed by atoms with van der Waals surface area (Å²) in [5.74, 6) is 0.530. The SMILES string of the molecule is CC(C)(C)OC(=O)N1CSC[C@@H]1C(N)=O. The number of ether oxygens (including phenoxy) is 1. The van der Waals surface area contributed by atoms with Crippen molar-refractivity contribution in [2.75, 3.05) is 11.6 Å². The zero-order valence-electron chi connectivity index (χ0n) is 9.15. The van der Waals surface area contributed by atoms with Gasteiger partial charge in [0.1, 0.15) is 11.6 Å². The fourth-order valence-electron chi connectivity index (χ4n) is 1.18. The number of nitrogens with two attached hydrogens (primary N) is 1. The zero-order chi connectivity index (χ0) is 11.6. The molecule has 1 rings (SSSR count). The molecule has 1 heterocycles. The molecule has 0 unspecified atom stereocenters. The first-order valence-corrected chi connectivity index (χ1v) is 5.83. The minimum absolute atomic E-state index is 0.461. The van der Waals surface area contributed by atoms with Crippen molar-refractivity contribution in [3.05, 3.63) is 0 Å². The first kappa shape index (κ1) is 12.2. The van der Waals surface area contributed by atoms with E-state index in [9.17, 15) is 9.59 Å². The van der Waals surface area contributed by atoms with Gasteiger partial charge in [0.2, 0.25) is 5.91 Å². The minimum Gasteiger partial charge on any atom is -0.444 e. The molecule has 0 aromatic carbocycles. The maximum Gasteiger partial charge on any atom is 0.411 e. The van der Waals surface area contributed by atoms with E-state index >= 15 is 0 Å².